The Morgan fingerprint density at radius 3 is 2.42 bits per heavy atom. The molecule has 1 aromatic carbocycles. The zero-order chi connectivity index (χ0) is 17.4. The zero-order valence-corrected chi connectivity index (χ0v) is 15.4. The molecule has 1 aliphatic heterocycles. The highest BCUT2D eigenvalue weighted by Gasteiger charge is 2.18. The fourth-order valence-corrected chi connectivity index (χ4v) is 2.98. The molecular formula is C20H33NO3. The van der Waals surface area contributed by atoms with Crippen LogP contribution in [-0.4, -0.2) is 55.6 Å². The second kappa shape index (κ2) is 10.0. The van der Waals surface area contributed by atoms with Gasteiger partial charge in [0.1, 0.15) is 12.4 Å². The van der Waals surface area contributed by atoms with Crippen LogP contribution in [0.5, 0.6) is 5.75 Å². The van der Waals surface area contributed by atoms with Crippen molar-refractivity contribution < 1.29 is 14.6 Å². The second-order valence-electron chi connectivity index (χ2n) is 7.28. The maximum atomic E-state index is 10.1. The van der Waals surface area contributed by atoms with Crippen molar-refractivity contribution in [3.63, 3.8) is 0 Å². The summed E-state index contributed by atoms with van der Waals surface area (Å²) in [7, 11) is 0. The van der Waals surface area contributed by atoms with Gasteiger partial charge in [-0.15, -0.1) is 0 Å². The van der Waals surface area contributed by atoms with E-state index in [1.807, 2.05) is 12.1 Å². The van der Waals surface area contributed by atoms with Crippen LogP contribution in [0.15, 0.2) is 24.3 Å². The van der Waals surface area contributed by atoms with E-state index in [-0.39, 0.29) is 0 Å². The molecule has 1 fully saturated rings. The van der Waals surface area contributed by atoms with E-state index in [9.17, 15) is 5.11 Å². The van der Waals surface area contributed by atoms with E-state index in [0.717, 1.165) is 24.8 Å². The summed E-state index contributed by atoms with van der Waals surface area (Å²) in [5, 5.41) is 10.1. The normalized spacial score (nSPS) is 18.0. The Balaban J connectivity index is 1.54. The Morgan fingerprint density at radius 2 is 1.79 bits per heavy atom. The lowest BCUT2D eigenvalue weighted by atomic mass is 9.99. The van der Waals surface area contributed by atoms with Crippen molar-refractivity contribution in [1.82, 2.24) is 4.90 Å². The molecule has 0 spiro atoms. The van der Waals surface area contributed by atoms with Gasteiger partial charge >= 0.3 is 0 Å². The number of piperidine rings is 1. The highest BCUT2D eigenvalue weighted by molar-refractivity contribution is 5.28. The smallest absolute Gasteiger partial charge is 0.119 e. The molecule has 1 aromatic rings. The first-order valence-corrected chi connectivity index (χ1v) is 9.25. The van der Waals surface area contributed by atoms with E-state index in [1.54, 1.807) is 0 Å². The topological polar surface area (TPSA) is 41.9 Å². The van der Waals surface area contributed by atoms with Crippen LogP contribution in [0, 0.1) is 5.92 Å². The molecule has 136 valence electrons. The Labute approximate surface area is 146 Å². The minimum atomic E-state index is -0.413. The van der Waals surface area contributed by atoms with Crippen molar-refractivity contribution in [3.05, 3.63) is 29.8 Å². The number of rotatable bonds is 9. The molecule has 1 saturated heterocycles. The number of β-amino-alcohol motifs (C(OH)–C–C–N with tert-alkyl or cyclic N) is 1. The second-order valence-corrected chi connectivity index (χ2v) is 7.28. The molecule has 1 heterocycles. The number of hydrogen-bond acceptors (Lipinski definition) is 4. The molecule has 0 aliphatic carbocycles. The quantitative estimate of drug-likeness (QED) is 0.703. The molecule has 0 unspecified atom stereocenters. The fraction of sp³-hybridized carbons (Fsp3) is 0.700. The number of ether oxygens (including phenoxy) is 2. The van der Waals surface area contributed by atoms with Crippen LogP contribution in [0.3, 0.4) is 0 Å². The van der Waals surface area contributed by atoms with Crippen molar-refractivity contribution >= 4 is 0 Å². The van der Waals surface area contributed by atoms with Crippen LogP contribution in [-0.2, 0) is 4.74 Å². The van der Waals surface area contributed by atoms with Gasteiger partial charge in [-0.05, 0) is 55.5 Å². The summed E-state index contributed by atoms with van der Waals surface area (Å²) < 4.78 is 11.2. The lowest BCUT2D eigenvalue weighted by molar-refractivity contribution is 0.00333. The highest BCUT2D eigenvalue weighted by Crippen LogP contribution is 2.18. The summed E-state index contributed by atoms with van der Waals surface area (Å²) in [5.41, 5.74) is 1.31. The van der Waals surface area contributed by atoms with Gasteiger partial charge in [-0.3, -0.25) is 0 Å². The maximum Gasteiger partial charge on any atom is 0.119 e. The lowest BCUT2D eigenvalue weighted by Crippen LogP contribution is -2.40. The van der Waals surface area contributed by atoms with Gasteiger partial charge < -0.3 is 19.5 Å². The van der Waals surface area contributed by atoms with E-state index in [0.29, 0.717) is 32.3 Å². The molecule has 0 saturated carbocycles. The predicted octanol–water partition coefficient (Wildman–Crippen LogP) is 3.30. The molecule has 0 aromatic heterocycles. The summed E-state index contributed by atoms with van der Waals surface area (Å²) in [6, 6.07) is 8.21. The van der Waals surface area contributed by atoms with Crippen LogP contribution < -0.4 is 4.74 Å². The zero-order valence-electron chi connectivity index (χ0n) is 15.4. The molecule has 4 heteroatoms. The number of aliphatic hydroxyl groups excluding tert-OH is 1. The molecule has 1 N–H and O–H groups in total. The largest absolute Gasteiger partial charge is 0.491 e. The van der Waals surface area contributed by atoms with Gasteiger partial charge in [-0.1, -0.05) is 32.9 Å². The Hall–Kier alpha value is -1.10. The average Bonchev–Trinajstić information content (AvgIpc) is 2.57. The van der Waals surface area contributed by atoms with E-state index in [2.05, 4.69) is 37.8 Å². The number of hydrogen-bond donors (Lipinski definition) is 1. The van der Waals surface area contributed by atoms with Gasteiger partial charge in [0.25, 0.3) is 0 Å². The third-order valence-corrected chi connectivity index (χ3v) is 4.70. The molecule has 0 amide bonds. The Kier molecular flexibility index (Phi) is 8.03. The van der Waals surface area contributed by atoms with Crippen LogP contribution >= 0.6 is 0 Å². The van der Waals surface area contributed by atoms with Gasteiger partial charge in [0.2, 0.25) is 0 Å². The van der Waals surface area contributed by atoms with Crippen LogP contribution in [0.25, 0.3) is 0 Å². The SMILES string of the molecule is CC1CCN(C[C@@H](O)COCCOc2ccc(C(C)C)cc2)CC1. The van der Waals surface area contributed by atoms with E-state index in [4.69, 9.17) is 9.47 Å². The Bertz CT molecular complexity index is 452. The van der Waals surface area contributed by atoms with Crippen molar-refractivity contribution in [2.75, 3.05) is 39.5 Å². The number of aliphatic hydroxyl groups is 1. The van der Waals surface area contributed by atoms with Crippen molar-refractivity contribution in [3.8, 4) is 5.75 Å². The predicted molar refractivity (Wildman–Crippen MR) is 97.7 cm³/mol. The summed E-state index contributed by atoms with van der Waals surface area (Å²) in [4.78, 5) is 2.33. The van der Waals surface area contributed by atoms with E-state index >= 15 is 0 Å². The molecule has 0 radical (unpaired) electrons. The molecule has 0 bridgehead atoms. The van der Waals surface area contributed by atoms with Gasteiger partial charge in [-0.2, -0.15) is 0 Å². The lowest BCUT2D eigenvalue weighted by Gasteiger charge is -2.31. The first-order chi connectivity index (χ1) is 11.5. The minimum Gasteiger partial charge on any atom is -0.491 e. The van der Waals surface area contributed by atoms with Gasteiger partial charge in [-0.25, -0.2) is 0 Å². The van der Waals surface area contributed by atoms with Crippen LogP contribution in [0.1, 0.15) is 45.1 Å². The summed E-state index contributed by atoms with van der Waals surface area (Å²) in [6.45, 7) is 10.9. The summed E-state index contributed by atoms with van der Waals surface area (Å²) >= 11 is 0. The number of likely N-dealkylation sites (tertiary alicyclic amines) is 1. The first-order valence-electron chi connectivity index (χ1n) is 9.25. The molecule has 2 rings (SSSR count). The first kappa shape index (κ1) is 19.2. The van der Waals surface area contributed by atoms with Crippen molar-refractivity contribution in [1.29, 1.82) is 0 Å². The van der Waals surface area contributed by atoms with Gasteiger partial charge in [0, 0.05) is 6.54 Å². The standard InChI is InChI=1S/C20H33NO3/c1-16(2)18-4-6-20(7-5-18)24-13-12-23-15-19(22)14-21-10-8-17(3)9-11-21/h4-7,16-17,19,22H,8-15H2,1-3H3/t19-/m1/s1. The molecule has 24 heavy (non-hydrogen) atoms. The molecule has 4 nitrogen and oxygen atoms in total. The van der Waals surface area contributed by atoms with Gasteiger partial charge in [0.15, 0.2) is 0 Å². The minimum absolute atomic E-state index is 0.377. The van der Waals surface area contributed by atoms with Crippen molar-refractivity contribution in [2.24, 2.45) is 5.92 Å². The third kappa shape index (κ3) is 6.80. The fourth-order valence-electron chi connectivity index (χ4n) is 2.98. The monoisotopic (exact) mass is 335 g/mol. The van der Waals surface area contributed by atoms with Gasteiger partial charge in [0.05, 0.1) is 19.3 Å². The van der Waals surface area contributed by atoms with Crippen LogP contribution in [0.2, 0.25) is 0 Å². The van der Waals surface area contributed by atoms with Crippen molar-refractivity contribution in [2.45, 2.75) is 45.6 Å². The maximum absolute atomic E-state index is 10.1. The van der Waals surface area contributed by atoms with E-state index < -0.39 is 6.10 Å². The number of nitrogens with zero attached hydrogens (tertiary/aromatic N) is 1. The average molecular weight is 335 g/mol. The molecular weight excluding hydrogens is 302 g/mol. The highest BCUT2D eigenvalue weighted by atomic mass is 16.5. The van der Waals surface area contributed by atoms with Crippen LogP contribution in [0.4, 0.5) is 0 Å². The summed E-state index contributed by atoms with van der Waals surface area (Å²) in [5.74, 6) is 2.22. The molecule has 1 aliphatic rings. The van der Waals surface area contributed by atoms with E-state index in [1.165, 1.54) is 18.4 Å². The number of benzene rings is 1. The summed E-state index contributed by atoms with van der Waals surface area (Å²) in [6.07, 6.45) is 2.05. The third-order valence-electron chi connectivity index (χ3n) is 4.70. The molecule has 1 atom stereocenters. The Morgan fingerprint density at radius 1 is 1.12 bits per heavy atom.